The van der Waals surface area contributed by atoms with Gasteiger partial charge in [-0.15, -0.1) is 0 Å². The second-order valence-corrected chi connectivity index (χ2v) is 5.88. The summed E-state index contributed by atoms with van der Waals surface area (Å²) in [4.78, 5) is 9.37. The molecule has 2 N–H and O–H groups in total. The van der Waals surface area contributed by atoms with Crippen LogP contribution in [0.25, 0.3) is 0 Å². The number of benzene rings is 1. The molecule has 1 aromatic carbocycles. The van der Waals surface area contributed by atoms with Gasteiger partial charge in [-0.2, -0.15) is 0 Å². The van der Waals surface area contributed by atoms with Crippen LogP contribution >= 0.6 is 0 Å². The van der Waals surface area contributed by atoms with Gasteiger partial charge in [0.25, 0.3) is 0 Å². The van der Waals surface area contributed by atoms with E-state index in [4.69, 9.17) is 0 Å². The van der Waals surface area contributed by atoms with E-state index in [1.165, 1.54) is 0 Å². The Hall–Kier alpha value is -1.84. The predicted molar refractivity (Wildman–Crippen MR) is 83.6 cm³/mol. The Morgan fingerprint density at radius 2 is 1.25 bits per heavy atom. The molecule has 0 amide bonds. The Balaban J connectivity index is 1.88. The maximum atomic E-state index is 4.68. The molecule has 0 fully saturated rings. The highest BCUT2D eigenvalue weighted by molar-refractivity contribution is 6.05. The molecule has 4 nitrogen and oxygen atoms in total. The average Bonchev–Trinajstić information content (AvgIpc) is 2.94. The molecule has 2 heterocycles. The second-order valence-electron chi connectivity index (χ2n) is 5.88. The van der Waals surface area contributed by atoms with E-state index in [2.05, 4.69) is 72.6 Å². The molecule has 4 atom stereocenters. The molecule has 0 aliphatic carbocycles. The van der Waals surface area contributed by atoms with Crippen molar-refractivity contribution in [1.29, 1.82) is 0 Å². The fourth-order valence-corrected chi connectivity index (χ4v) is 2.51. The average molecular weight is 270 g/mol. The van der Waals surface area contributed by atoms with Gasteiger partial charge in [0.15, 0.2) is 0 Å². The number of rotatable bonds is 2. The minimum atomic E-state index is 0.329. The van der Waals surface area contributed by atoms with Gasteiger partial charge in [0, 0.05) is 23.2 Å². The van der Waals surface area contributed by atoms with E-state index in [1.54, 1.807) is 0 Å². The molecule has 0 saturated carbocycles. The molecule has 20 heavy (non-hydrogen) atoms. The van der Waals surface area contributed by atoms with Gasteiger partial charge < -0.3 is 10.6 Å². The summed E-state index contributed by atoms with van der Waals surface area (Å²) in [5, 5.41) is 6.89. The maximum absolute atomic E-state index is 4.68. The van der Waals surface area contributed by atoms with Gasteiger partial charge in [-0.3, -0.25) is 9.98 Å². The van der Waals surface area contributed by atoms with Crippen molar-refractivity contribution >= 4 is 11.7 Å². The van der Waals surface area contributed by atoms with E-state index in [0.717, 1.165) is 22.8 Å². The van der Waals surface area contributed by atoms with Gasteiger partial charge in [0.2, 0.25) is 0 Å². The van der Waals surface area contributed by atoms with Crippen molar-refractivity contribution in [3.05, 3.63) is 35.4 Å². The molecule has 3 rings (SSSR count). The Morgan fingerprint density at radius 3 is 1.60 bits per heavy atom. The highest BCUT2D eigenvalue weighted by Crippen LogP contribution is 2.16. The molecule has 2 aliphatic rings. The van der Waals surface area contributed by atoms with E-state index in [9.17, 15) is 0 Å². The Bertz CT molecular complexity index is 528. The summed E-state index contributed by atoms with van der Waals surface area (Å²) in [7, 11) is 0. The smallest absolute Gasteiger partial charge is 0.128 e. The zero-order valence-corrected chi connectivity index (χ0v) is 12.5. The van der Waals surface area contributed by atoms with Crippen molar-refractivity contribution in [2.24, 2.45) is 9.98 Å². The minimum absolute atomic E-state index is 0.329. The largest absolute Gasteiger partial charge is 0.365 e. The lowest BCUT2D eigenvalue weighted by Crippen LogP contribution is -2.32. The van der Waals surface area contributed by atoms with E-state index in [1.807, 2.05) is 0 Å². The van der Waals surface area contributed by atoms with Gasteiger partial charge >= 0.3 is 0 Å². The summed E-state index contributed by atoms with van der Waals surface area (Å²) in [5.41, 5.74) is 2.27. The third-order valence-corrected chi connectivity index (χ3v) is 4.25. The predicted octanol–water partition coefficient (Wildman–Crippen LogP) is 1.94. The number of hydrogen-bond donors (Lipinski definition) is 2. The zero-order chi connectivity index (χ0) is 14.3. The molecule has 2 aliphatic heterocycles. The lowest BCUT2D eigenvalue weighted by Gasteiger charge is -2.10. The monoisotopic (exact) mass is 270 g/mol. The quantitative estimate of drug-likeness (QED) is 0.863. The van der Waals surface area contributed by atoms with E-state index in [0.29, 0.717) is 24.2 Å². The van der Waals surface area contributed by atoms with Crippen LogP contribution in [0.1, 0.15) is 38.8 Å². The third-order valence-electron chi connectivity index (χ3n) is 4.25. The lowest BCUT2D eigenvalue weighted by atomic mass is 10.1. The minimum Gasteiger partial charge on any atom is -0.365 e. The number of amidine groups is 2. The summed E-state index contributed by atoms with van der Waals surface area (Å²) in [6.07, 6.45) is 0. The molecule has 0 saturated heterocycles. The first-order chi connectivity index (χ1) is 9.54. The fourth-order valence-electron chi connectivity index (χ4n) is 2.51. The van der Waals surface area contributed by atoms with Crippen LogP contribution < -0.4 is 10.6 Å². The fraction of sp³-hybridized carbons (Fsp3) is 0.500. The van der Waals surface area contributed by atoms with Crippen LogP contribution in [0.3, 0.4) is 0 Å². The van der Waals surface area contributed by atoms with E-state index in [-0.39, 0.29) is 0 Å². The highest BCUT2D eigenvalue weighted by atomic mass is 15.1. The van der Waals surface area contributed by atoms with Crippen LogP contribution in [0.15, 0.2) is 34.3 Å². The number of nitrogens with one attached hydrogen (secondary N) is 2. The Kier molecular flexibility index (Phi) is 3.24. The molecule has 4 unspecified atom stereocenters. The first kappa shape index (κ1) is 13.2. The molecule has 4 heteroatoms. The summed E-state index contributed by atoms with van der Waals surface area (Å²) >= 11 is 0. The summed E-state index contributed by atoms with van der Waals surface area (Å²) < 4.78 is 0. The van der Waals surface area contributed by atoms with Gasteiger partial charge in [0.1, 0.15) is 11.7 Å². The van der Waals surface area contributed by atoms with Crippen LogP contribution in [0, 0.1) is 0 Å². The van der Waals surface area contributed by atoms with Crippen molar-refractivity contribution in [2.75, 3.05) is 0 Å². The molecule has 106 valence electrons. The van der Waals surface area contributed by atoms with Crippen molar-refractivity contribution < 1.29 is 0 Å². The van der Waals surface area contributed by atoms with Crippen LogP contribution in [0.2, 0.25) is 0 Å². The molecule has 0 bridgehead atoms. The second kappa shape index (κ2) is 4.93. The summed E-state index contributed by atoms with van der Waals surface area (Å²) in [6.45, 7) is 8.61. The topological polar surface area (TPSA) is 48.8 Å². The number of aliphatic imine (C=N–C) groups is 2. The first-order valence-electron chi connectivity index (χ1n) is 7.34. The van der Waals surface area contributed by atoms with E-state index >= 15 is 0 Å². The van der Waals surface area contributed by atoms with Crippen molar-refractivity contribution in [1.82, 2.24) is 10.6 Å². The van der Waals surface area contributed by atoms with Crippen LogP contribution in [0.4, 0.5) is 0 Å². The van der Waals surface area contributed by atoms with Gasteiger partial charge in [-0.05, 0) is 33.8 Å². The Morgan fingerprint density at radius 1 is 0.800 bits per heavy atom. The molecule has 0 radical (unpaired) electrons. The SMILES string of the molecule is CC1N=C(c2cccc(C3=NC(C)C(C)N3)c2)NC1C. The first-order valence-corrected chi connectivity index (χ1v) is 7.34. The van der Waals surface area contributed by atoms with Gasteiger partial charge in [0.05, 0.1) is 12.1 Å². The Labute approximate surface area is 120 Å². The molecule has 0 spiro atoms. The summed E-state index contributed by atoms with van der Waals surface area (Å²) in [5.74, 6) is 1.98. The van der Waals surface area contributed by atoms with Crippen molar-refractivity contribution in [2.45, 2.75) is 51.9 Å². The molecular weight excluding hydrogens is 248 g/mol. The molecular formula is C16H22N4. The maximum Gasteiger partial charge on any atom is 0.128 e. The molecule has 0 aromatic heterocycles. The number of hydrogen-bond acceptors (Lipinski definition) is 4. The lowest BCUT2D eigenvalue weighted by molar-refractivity contribution is 0.601. The standard InChI is InChI=1S/C16H22N4/c1-9-10(2)18-15(17-9)13-6-5-7-14(8-13)16-19-11(3)12(4)20-16/h5-12H,1-4H3,(H,17,18)(H,19,20). The van der Waals surface area contributed by atoms with Gasteiger partial charge in [-0.25, -0.2) is 0 Å². The van der Waals surface area contributed by atoms with Crippen molar-refractivity contribution in [3.63, 3.8) is 0 Å². The summed E-state index contributed by atoms with van der Waals surface area (Å²) in [6, 6.07) is 9.89. The van der Waals surface area contributed by atoms with Gasteiger partial charge in [-0.1, -0.05) is 18.2 Å². The van der Waals surface area contributed by atoms with Crippen LogP contribution in [0.5, 0.6) is 0 Å². The number of nitrogens with zero attached hydrogens (tertiary/aromatic N) is 2. The zero-order valence-electron chi connectivity index (χ0n) is 12.5. The molecule has 1 aromatic rings. The van der Waals surface area contributed by atoms with Crippen LogP contribution in [-0.2, 0) is 0 Å². The van der Waals surface area contributed by atoms with Crippen LogP contribution in [-0.4, -0.2) is 35.8 Å². The normalized spacial score (nSPS) is 32.4. The third kappa shape index (κ3) is 2.30. The van der Waals surface area contributed by atoms with E-state index < -0.39 is 0 Å². The van der Waals surface area contributed by atoms with Crippen molar-refractivity contribution in [3.8, 4) is 0 Å². The highest BCUT2D eigenvalue weighted by Gasteiger charge is 2.24.